The fourth-order valence-corrected chi connectivity index (χ4v) is 1.90. The molecule has 0 aliphatic rings. The van der Waals surface area contributed by atoms with Gasteiger partial charge in [-0.1, -0.05) is 0 Å². The zero-order valence-corrected chi connectivity index (χ0v) is 10.8. The molecule has 0 atom stereocenters. The molecule has 1 heterocycles. The van der Waals surface area contributed by atoms with Crippen molar-refractivity contribution in [3.05, 3.63) is 28.5 Å². The molecule has 0 aliphatic heterocycles. The van der Waals surface area contributed by atoms with Crippen LogP contribution in [0, 0.1) is 6.92 Å². The van der Waals surface area contributed by atoms with Gasteiger partial charge in [0.25, 0.3) is 0 Å². The molecule has 1 aromatic carbocycles. The number of rotatable bonds is 2. The average molecular weight is 281 g/mol. The lowest BCUT2D eigenvalue weighted by molar-refractivity contribution is 0.737. The molecule has 16 heavy (non-hydrogen) atoms. The molecule has 2 N–H and O–H groups in total. The van der Waals surface area contributed by atoms with Crippen LogP contribution < -0.4 is 5.73 Å². The van der Waals surface area contributed by atoms with Gasteiger partial charge in [-0.15, -0.1) is 10.2 Å². The first-order chi connectivity index (χ1) is 7.63. The van der Waals surface area contributed by atoms with Gasteiger partial charge in [-0.3, -0.25) is 0 Å². The predicted octanol–water partition coefficient (Wildman–Crippen LogP) is 2.62. The summed E-state index contributed by atoms with van der Waals surface area (Å²) >= 11 is 3.37. The second-order valence-electron chi connectivity index (χ2n) is 3.55. The van der Waals surface area contributed by atoms with E-state index in [9.17, 15) is 0 Å². The highest BCUT2D eigenvalue weighted by Gasteiger charge is 2.10. The maximum absolute atomic E-state index is 5.85. The number of aromatic nitrogens is 3. The zero-order valence-electron chi connectivity index (χ0n) is 9.24. The number of benzene rings is 1. The third-order valence-corrected chi connectivity index (χ3v) is 3.23. The number of nitrogens with two attached hydrogens (primary N) is 1. The van der Waals surface area contributed by atoms with Crippen LogP contribution in [0.5, 0.6) is 0 Å². The van der Waals surface area contributed by atoms with Gasteiger partial charge in [0.05, 0.1) is 0 Å². The predicted molar refractivity (Wildman–Crippen MR) is 68.0 cm³/mol. The second-order valence-corrected chi connectivity index (χ2v) is 4.41. The number of halogens is 1. The molecule has 2 aromatic rings. The Labute approximate surface area is 103 Å². The van der Waals surface area contributed by atoms with Crippen LogP contribution in [0.25, 0.3) is 11.4 Å². The first-order valence-electron chi connectivity index (χ1n) is 5.08. The van der Waals surface area contributed by atoms with E-state index in [1.165, 1.54) is 0 Å². The van der Waals surface area contributed by atoms with Gasteiger partial charge in [-0.2, -0.15) is 0 Å². The summed E-state index contributed by atoms with van der Waals surface area (Å²) in [5.41, 5.74) is 7.55. The molecule has 0 spiro atoms. The van der Waals surface area contributed by atoms with Crippen molar-refractivity contribution < 1.29 is 0 Å². The van der Waals surface area contributed by atoms with Crippen LogP contribution in [-0.2, 0) is 6.54 Å². The fourth-order valence-electron chi connectivity index (χ4n) is 1.66. The molecule has 0 aliphatic carbocycles. The largest absolute Gasteiger partial charge is 0.398 e. The lowest BCUT2D eigenvalue weighted by Gasteiger charge is -2.06. The molecule has 84 valence electrons. The molecule has 0 amide bonds. The molecule has 0 unspecified atom stereocenters. The molecule has 4 nitrogen and oxygen atoms in total. The van der Waals surface area contributed by atoms with Gasteiger partial charge in [-0.05, 0) is 48.0 Å². The van der Waals surface area contributed by atoms with Crippen LogP contribution in [-0.4, -0.2) is 14.8 Å². The summed E-state index contributed by atoms with van der Waals surface area (Å²) in [6.45, 7) is 4.87. The van der Waals surface area contributed by atoms with Crippen molar-refractivity contribution in [2.75, 3.05) is 5.73 Å². The fraction of sp³-hybridized carbons (Fsp3) is 0.273. The summed E-state index contributed by atoms with van der Waals surface area (Å²) in [5.74, 6) is 1.78. The van der Waals surface area contributed by atoms with Crippen LogP contribution in [0.4, 0.5) is 5.69 Å². The van der Waals surface area contributed by atoms with E-state index in [1.807, 2.05) is 25.1 Å². The molecular formula is C11H13BrN4. The maximum Gasteiger partial charge on any atom is 0.164 e. The van der Waals surface area contributed by atoms with Gasteiger partial charge >= 0.3 is 0 Å². The molecule has 0 saturated heterocycles. The molecular weight excluding hydrogens is 268 g/mol. The number of nitrogen functional groups attached to an aromatic ring is 1. The lowest BCUT2D eigenvalue weighted by Crippen LogP contribution is -2.00. The summed E-state index contributed by atoms with van der Waals surface area (Å²) in [4.78, 5) is 0. The molecule has 2 rings (SSSR count). The van der Waals surface area contributed by atoms with Crippen LogP contribution in [0.15, 0.2) is 22.7 Å². The van der Waals surface area contributed by atoms with E-state index in [-0.39, 0.29) is 0 Å². The SMILES string of the molecule is CCn1c(C)nnc1-c1ccc(Br)c(N)c1. The van der Waals surface area contributed by atoms with E-state index in [4.69, 9.17) is 5.73 Å². The van der Waals surface area contributed by atoms with Gasteiger partial charge in [0, 0.05) is 22.3 Å². The third kappa shape index (κ3) is 1.82. The Hall–Kier alpha value is -1.36. The van der Waals surface area contributed by atoms with Gasteiger partial charge in [-0.25, -0.2) is 0 Å². The first-order valence-corrected chi connectivity index (χ1v) is 5.88. The number of nitrogens with zero attached hydrogens (tertiary/aromatic N) is 3. The topological polar surface area (TPSA) is 56.7 Å². The summed E-state index contributed by atoms with van der Waals surface area (Å²) < 4.78 is 2.96. The minimum atomic E-state index is 0.709. The minimum absolute atomic E-state index is 0.709. The number of hydrogen-bond donors (Lipinski definition) is 1. The van der Waals surface area contributed by atoms with E-state index < -0.39 is 0 Å². The van der Waals surface area contributed by atoms with Crippen molar-refractivity contribution in [3.63, 3.8) is 0 Å². The van der Waals surface area contributed by atoms with Crippen molar-refractivity contribution in [1.29, 1.82) is 0 Å². The first kappa shape index (κ1) is 11.1. The Bertz CT molecular complexity index is 519. The van der Waals surface area contributed by atoms with Crippen molar-refractivity contribution in [3.8, 4) is 11.4 Å². The maximum atomic E-state index is 5.85. The van der Waals surface area contributed by atoms with Crippen LogP contribution in [0.3, 0.4) is 0 Å². The Morgan fingerprint density at radius 1 is 1.38 bits per heavy atom. The van der Waals surface area contributed by atoms with Gasteiger partial charge in [0.15, 0.2) is 5.82 Å². The van der Waals surface area contributed by atoms with E-state index in [1.54, 1.807) is 0 Å². The average Bonchev–Trinajstić information content (AvgIpc) is 2.63. The normalized spacial score (nSPS) is 10.7. The zero-order chi connectivity index (χ0) is 11.7. The quantitative estimate of drug-likeness (QED) is 0.861. The smallest absolute Gasteiger partial charge is 0.164 e. The third-order valence-electron chi connectivity index (χ3n) is 2.51. The van der Waals surface area contributed by atoms with E-state index in [0.29, 0.717) is 5.69 Å². The molecule has 0 fully saturated rings. The second kappa shape index (κ2) is 4.25. The summed E-state index contributed by atoms with van der Waals surface area (Å²) in [6.07, 6.45) is 0. The van der Waals surface area contributed by atoms with Gasteiger partial charge < -0.3 is 10.3 Å². The number of aryl methyl sites for hydroxylation is 1. The molecule has 1 aromatic heterocycles. The molecule has 0 bridgehead atoms. The lowest BCUT2D eigenvalue weighted by atomic mass is 10.2. The number of anilines is 1. The number of hydrogen-bond acceptors (Lipinski definition) is 3. The highest BCUT2D eigenvalue weighted by molar-refractivity contribution is 9.10. The Balaban J connectivity index is 2.54. The Kier molecular flexibility index (Phi) is 2.96. The highest BCUT2D eigenvalue weighted by Crippen LogP contribution is 2.26. The van der Waals surface area contributed by atoms with E-state index in [2.05, 4.69) is 37.6 Å². The summed E-state index contributed by atoms with van der Waals surface area (Å²) in [5, 5.41) is 8.25. The summed E-state index contributed by atoms with van der Waals surface area (Å²) in [7, 11) is 0. The molecule has 0 saturated carbocycles. The monoisotopic (exact) mass is 280 g/mol. The minimum Gasteiger partial charge on any atom is -0.398 e. The van der Waals surface area contributed by atoms with Crippen molar-refractivity contribution in [2.45, 2.75) is 20.4 Å². The van der Waals surface area contributed by atoms with Crippen molar-refractivity contribution in [1.82, 2.24) is 14.8 Å². The van der Waals surface area contributed by atoms with E-state index >= 15 is 0 Å². The van der Waals surface area contributed by atoms with Crippen LogP contribution in [0.1, 0.15) is 12.7 Å². The van der Waals surface area contributed by atoms with Gasteiger partial charge in [0.1, 0.15) is 5.82 Å². The summed E-state index contributed by atoms with van der Waals surface area (Å²) in [6, 6.07) is 5.81. The molecule has 5 heteroatoms. The van der Waals surface area contributed by atoms with Crippen LogP contribution in [0.2, 0.25) is 0 Å². The molecule has 0 radical (unpaired) electrons. The van der Waals surface area contributed by atoms with Gasteiger partial charge in [0.2, 0.25) is 0 Å². The van der Waals surface area contributed by atoms with Crippen LogP contribution >= 0.6 is 15.9 Å². The van der Waals surface area contributed by atoms with E-state index in [0.717, 1.165) is 28.2 Å². The standard InChI is InChI=1S/C11H13BrN4/c1-3-16-7(2)14-15-11(16)8-4-5-9(12)10(13)6-8/h4-6H,3,13H2,1-2H3. The van der Waals surface area contributed by atoms with Crippen molar-refractivity contribution >= 4 is 21.6 Å². The van der Waals surface area contributed by atoms with Crippen molar-refractivity contribution in [2.24, 2.45) is 0 Å². The Morgan fingerprint density at radius 3 is 2.75 bits per heavy atom. The Morgan fingerprint density at radius 2 is 2.12 bits per heavy atom. The highest BCUT2D eigenvalue weighted by atomic mass is 79.9.